The second-order valence-electron chi connectivity index (χ2n) is 2.70. The largest absolute Gasteiger partial charge is 0.431 e. The van der Waals surface area contributed by atoms with Crippen molar-refractivity contribution in [2.45, 2.75) is 6.92 Å². The van der Waals surface area contributed by atoms with E-state index in [1.165, 1.54) is 0 Å². The van der Waals surface area contributed by atoms with E-state index in [2.05, 4.69) is 11.3 Å². The summed E-state index contributed by atoms with van der Waals surface area (Å²) in [6.07, 6.45) is 0. The van der Waals surface area contributed by atoms with E-state index < -0.39 is 37.2 Å². The first kappa shape index (κ1) is 12.0. The van der Waals surface area contributed by atoms with Crippen molar-refractivity contribution in [2.75, 3.05) is 20.0 Å². The molecule has 0 heterocycles. The third kappa shape index (κ3) is 2.75. The number of hydrogen-bond donors (Lipinski definition) is 0. The molecular formula is C8H11F3O2. The number of allylic oxidation sites excluding steroid dienone is 1. The lowest BCUT2D eigenvalue weighted by Crippen LogP contribution is -2.32. The predicted octanol–water partition coefficient (Wildman–Crippen LogP) is 1.96. The quantitative estimate of drug-likeness (QED) is 0.496. The highest BCUT2D eigenvalue weighted by molar-refractivity contribution is 5.67. The second kappa shape index (κ2) is 4.89. The average molecular weight is 196 g/mol. The monoisotopic (exact) mass is 196 g/mol. The summed E-state index contributed by atoms with van der Waals surface area (Å²) in [5.74, 6) is -1.28. The molecule has 0 rings (SSSR count). The van der Waals surface area contributed by atoms with Crippen LogP contribution in [0.15, 0.2) is 12.3 Å². The molecule has 0 aliphatic heterocycles. The molecule has 0 aromatic carbocycles. The minimum absolute atomic E-state index is 0.507. The van der Waals surface area contributed by atoms with Gasteiger partial charge in [0.05, 0.1) is 0 Å². The molecule has 76 valence electrons. The summed E-state index contributed by atoms with van der Waals surface area (Å²) in [5, 5.41) is 0. The molecule has 0 N–H and O–H groups in total. The second-order valence-corrected chi connectivity index (χ2v) is 2.70. The molecule has 0 saturated heterocycles. The van der Waals surface area contributed by atoms with Gasteiger partial charge in [-0.05, 0) is 0 Å². The normalized spacial score (nSPS) is 11.1. The van der Waals surface area contributed by atoms with E-state index in [0.717, 1.165) is 6.92 Å². The van der Waals surface area contributed by atoms with Crippen molar-refractivity contribution in [2.24, 2.45) is 5.41 Å². The van der Waals surface area contributed by atoms with Crippen molar-refractivity contribution in [3.05, 3.63) is 12.3 Å². The van der Waals surface area contributed by atoms with E-state index in [1.807, 2.05) is 0 Å². The Labute approximate surface area is 74.4 Å². The molecule has 13 heavy (non-hydrogen) atoms. The van der Waals surface area contributed by atoms with Gasteiger partial charge in [0.2, 0.25) is 0 Å². The van der Waals surface area contributed by atoms with Crippen molar-refractivity contribution in [1.82, 2.24) is 0 Å². The highest BCUT2D eigenvalue weighted by atomic mass is 19.1. The minimum Gasteiger partial charge on any atom is -0.431 e. The summed E-state index contributed by atoms with van der Waals surface area (Å²) in [5.41, 5.74) is -2.02. The highest BCUT2D eigenvalue weighted by Crippen LogP contribution is 2.29. The summed E-state index contributed by atoms with van der Waals surface area (Å²) in [6.45, 7) is 0.306. The van der Waals surface area contributed by atoms with Gasteiger partial charge < -0.3 is 4.74 Å². The number of ether oxygens (including phenoxy) is 1. The van der Waals surface area contributed by atoms with Gasteiger partial charge in [-0.1, -0.05) is 6.58 Å². The zero-order valence-electron chi connectivity index (χ0n) is 7.28. The lowest BCUT2D eigenvalue weighted by molar-refractivity contribution is -0.139. The van der Waals surface area contributed by atoms with E-state index in [1.54, 1.807) is 0 Å². The third-order valence-corrected chi connectivity index (χ3v) is 1.63. The fourth-order valence-corrected chi connectivity index (χ4v) is 0.612. The van der Waals surface area contributed by atoms with Gasteiger partial charge in [0.1, 0.15) is 31.2 Å². The van der Waals surface area contributed by atoms with Crippen molar-refractivity contribution >= 4 is 5.97 Å². The SMILES string of the molecule is C=C(OC(C)=O)C(CF)(CF)CF. The molecule has 0 amide bonds. The number of carbonyl (C=O) groups is 1. The molecule has 5 heteroatoms. The van der Waals surface area contributed by atoms with Gasteiger partial charge in [0.15, 0.2) is 0 Å². The van der Waals surface area contributed by atoms with Crippen molar-refractivity contribution < 1.29 is 22.7 Å². The van der Waals surface area contributed by atoms with Crippen molar-refractivity contribution in [1.29, 1.82) is 0 Å². The fourth-order valence-electron chi connectivity index (χ4n) is 0.612. The number of halogens is 3. The molecule has 0 aromatic heterocycles. The van der Waals surface area contributed by atoms with Crippen molar-refractivity contribution in [3.63, 3.8) is 0 Å². The van der Waals surface area contributed by atoms with Gasteiger partial charge in [-0.3, -0.25) is 4.79 Å². The zero-order chi connectivity index (χ0) is 10.5. The van der Waals surface area contributed by atoms with E-state index in [0.29, 0.717) is 0 Å². The molecule has 0 unspecified atom stereocenters. The van der Waals surface area contributed by atoms with E-state index in [9.17, 15) is 18.0 Å². The van der Waals surface area contributed by atoms with Crippen LogP contribution in [-0.2, 0) is 9.53 Å². The molecule has 0 aliphatic rings. The number of esters is 1. The smallest absolute Gasteiger partial charge is 0.307 e. The summed E-state index contributed by atoms with van der Waals surface area (Å²) in [6, 6.07) is 0. The Morgan fingerprint density at radius 2 is 1.69 bits per heavy atom. The van der Waals surface area contributed by atoms with E-state index in [4.69, 9.17) is 0 Å². The molecule has 0 spiro atoms. The van der Waals surface area contributed by atoms with Crippen molar-refractivity contribution in [3.8, 4) is 0 Å². The van der Waals surface area contributed by atoms with Crippen LogP contribution in [0.25, 0.3) is 0 Å². The Hall–Kier alpha value is -1.00. The average Bonchev–Trinajstić information content (AvgIpc) is 2.07. The van der Waals surface area contributed by atoms with Crippen LogP contribution >= 0.6 is 0 Å². The first-order valence-corrected chi connectivity index (χ1v) is 3.58. The van der Waals surface area contributed by atoms with Crippen LogP contribution in [0.5, 0.6) is 0 Å². The molecule has 0 atom stereocenters. The molecule has 2 nitrogen and oxygen atoms in total. The summed E-state index contributed by atoms with van der Waals surface area (Å²) in [4.78, 5) is 10.4. The van der Waals surface area contributed by atoms with Crippen LogP contribution in [0.2, 0.25) is 0 Å². The Morgan fingerprint density at radius 3 is 1.92 bits per heavy atom. The van der Waals surface area contributed by atoms with Crippen LogP contribution in [0.1, 0.15) is 6.92 Å². The molecule has 0 saturated carbocycles. The summed E-state index contributed by atoms with van der Waals surface area (Å²) >= 11 is 0. The third-order valence-electron chi connectivity index (χ3n) is 1.63. The maximum Gasteiger partial charge on any atom is 0.307 e. The Kier molecular flexibility index (Phi) is 4.51. The van der Waals surface area contributed by atoms with Crippen LogP contribution in [0.4, 0.5) is 13.2 Å². The molecule has 0 bridgehead atoms. The fraction of sp³-hybridized carbons (Fsp3) is 0.625. The van der Waals surface area contributed by atoms with Gasteiger partial charge in [-0.2, -0.15) is 0 Å². The molecule has 0 fully saturated rings. The molecular weight excluding hydrogens is 185 g/mol. The summed E-state index contributed by atoms with van der Waals surface area (Å²) in [7, 11) is 0. The number of rotatable bonds is 5. The van der Waals surface area contributed by atoms with Crippen LogP contribution in [0, 0.1) is 5.41 Å². The Balaban J connectivity index is 4.53. The Morgan fingerprint density at radius 1 is 1.31 bits per heavy atom. The maximum atomic E-state index is 12.3. The summed E-state index contributed by atoms with van der Waals surface area (Å²) < 4.78 is 41.2. The molecule has 0 radical (unpaired) electrons. The topological polar surface area (TPSA) is 26.3 Å². The first-order valence-electron chi connectivity index (χ1n) is 3.58. The number of hydrogen-bond acceptors (Lipinski definition) is 2. The van der Waals surface area contributed by atoms with Gasteiger partial charge >= 0.3 is 5.97 Å². The zero-order valence-corrected chi connectivity index (χ0v) is 7.28. The van der Waals surface area contributed by atoms with E-state index >= 15 is 0 Å². The van der Waals surface area contributed by atoms with Crippen LogP contribution in [-0.4, -0.2) is 26.0 Å². The van der Waals surface area contributed by atoms with Gasteiger partial charge in [-0.25, -0.2) is 13.2 Å². The number of alkyl halides is 3. The van der Waals surface area contributed by atoms with Gasteiger partial charge in [0.25, 0.3) is 0 Å². The standard InChI is InChI=1S/C8H11F3O2/c1-6(13-7(2)12)8(3-9,4-10)5-11/h1,3-5H2,2H3. The number of carbonyl (C=O) groups excluding carboxylic acids is 1. The van der Waals surface area contributed by atoms with Crippen LogP contribution in [0.3, 0.4) is 0 Å². The van der Waals surface area contributed by atoms with E-state index in [-0.39, 0.29) is 0 Å². The molecule has 0 aliphatic carbocycles. The predicted molar refractivity (Wildman–Crippen MR) is 41.3 cm³/mol. The maximum absolute atomic E-state index is 12.3. The lowest BCUT2D eigenvalue weighted by atomic mass is 9.91. The highest BCUT2D eigenvalue weighted by Gasteiger charge is 2.36. The van der Waals surface area contributed by atoms with Gasteiger partial charge in [-0.15, -0.1) is 0 Å². The first-order chi connectivity index (χ1) is 6.02. The Bertz CT molecular complexity index is 191. The minimum atomic E-state index is -2.02. The van der Waals surface area contributed by atoms with Crippen LogP contribution < -0.4 is 0 Å². The van der Waals surface area contributed by atoms with Gasteiger partial charge in [0, 0.05) is 6.92 Å². The molecule has 0 aromatic rings. The lowest BCUT2D eigenvalue weighted by Gasteiger charge is -2.25.